The number of carbonyl (C=O) groups excluding carboxylic acids is 1. The van der Waals surface area contributed by atoms with Crippen LogP contribution in [0.4, 0.5) is 0 Å². The molecule has 5 nitrogen and oxygen atoms in total. The molecule has 2 aromatic heterocycles. The Kier molecular flexibility index (Phi) is 5.55. The third-order valence-electron chi connectivity index (χ3n) is 4.68. The lowest BCUT2D eigenvalue weighted by atomic mass is 10.0. The van der Waals surface area contributed by atoms with E-state index in [2.05, 4.69) is 10.4 Å². The molecule has 3 aromatic rings. The summed E-state index contributed by atoms with van der Waals surface area (Å²) in [4.78, 5) is 18.5. The van der Waals surface area contributed by atoms with Gasteiger partial charge in [0, 0.05) is 29.1 Å². The van der Waals surface area contributed by atoms with Crippen LogP contribution in [-0.2, 0) is 19.3 Å². The molecule has 1 amide bonds. The van der Waals surface area contributed by atoms with Crippen molar-refractivity contribution in [1.82, 2.24) is 20.1 Å². The van der Waals surface area contributed by atoms with E-state index in [1.54, 1.807) is 29.2 Å². The van der Waals surface area contributed by atoms with Gasteiger partial charge in [0.2, 0.25) is 0 Å². The van der Waals surface area contributed by atoms with Crippen molar-refractivity contribution >= 4 is 28.8 Å². The molecule has 0 saturated heterocycles. The Morgan fingerprint density at radius 1 is 1.22 bits per heavy atom. The SMILES string of the molecule is O=C(NCCCc1nc2c(s1)CCCC2)c1cnn(-c2ccc(Cl)cc2)c1. The predicted molar refractivity (Wildman–Crippen MR) is 108 cm³/mol. The molecule has 1 aliphatic carbocycles. The summed E-state index contributed by atoms with van der Waals surface area (Å²) in [6.07, 6.45) is 9.98. The molecular weight excluding hydrogens is 380 g/mol. The maximum Gasteiger partial charge on any atom is 0.254 e. The number of nitrogens with one attached hydrogen (secondary N) is 1. The highest BCUT2D eigenvalue weighted by Crippen LogP contribution is 2.27. The number of rotatable bonds is 6. The van der Waals surface area contributed by atoms with Gasteiger partial charge in [-0.2, -0.15) is 5.10 Å². The standard InChI is InChI=1S/C20H21ClN4OS/c21-15-7-9-16(10-8-15)25-13-14(12-23-25)20(26)22-11-3-6-19-24-17-4-1-2-5-18(17)27-19/h7-10,12-13H,1-6,11H2,(H,22,26). The molecule has 140 valence electrons. The monoisotopic (exact) mass is 400 g/mol. The molecule has 0 aliphatic heterocycles. The molecule has 2 heterocycles. The Hall–Kier alpha value is -2.18. The summed E-state index contributed by atoms with van der Waals surface area (Å²) in [6.45, 7) is 0.634. The summed E-state index contributed by atoms with van der Waals surface area (Å²) in [5.74, 6) is -0.103. The fourth-order valence-electron chi connectivity index (χ4n) is 3.23. The topological polar surface area (TPSA) is 59.8 Å². The van der Waals surface area contributed by atoms with Gasteiger partial charge in [0.1, 0.15) is 0 Å². The Labute approximate surface area is 167 Å². The lowest BCUT2D eigenvalue weighted by Crippen LogP contribution is -2.24. The van der Waals surface area contributed by atoms with E-state index in [1.807, 2.05) is 23.5 Å². The van der Waals surface area contributed by atoms with E-state index >= 15 is 0 Å². The number of halogens is 1. The maximum absolute atomic E-state index is 12.3. The Morgan fingerprint density at radius 2 is 2.04 bits per heavy atom. The third-order valence-corrected chi connectivity index (χ3v) is 6.15. The van der Waals surface area contributed by atoms with Crippen molar-refractivity contribution in [2.45, 2.75) is 38.5 Å². The van der Waals surface area contributed by atoms with Crippen LogP contribution in [-0.4, -0.2) is 27.2 Å². The van der Waals surface area contributed by atoms with Crippen LogP contribution >= 0.6 is 22.9 Å². The zero-order valence-electron chi connectivity index (χ0n) is 14.9. The second-order valence-electron chi connectivity index (χ2n) is 6.69. The van der Waals surface area contributed by atoms with Crippen molar-refractivity contribution in [3.8, 4) is 5.69 Å². The molecule has 27 heavy (non-hydrogen) atoms. The summed E-state index contributed by atoms with van der Waals surface area (Å²) < 4.78 is 1.67. The van der Waals surface area contributed by atoms with Gasteiger partial charge in [-0.3, -0.25) is 4.79 Å². The van der Waals surface area contributed by atoms with Crippen LogP contribution in [0.2, 0.25) is 5.02 Å². The van der Waals surface area contributed by atoms with Crippen molar-refractivity contribution in [3.05, 3.63) is 62.8 Å². The van der Waals surface area contributed by atoms with Crippen LogP contribution in [0.3, 0.4) is 0 Å². The molecular formula is C20H21ClN4OS. The normalized spacial score (nSPS) is 13.4. The van der Waals surface area contributed by atoms with Crippen molar-refractivity contribution in [2.75, 3.05) is 6.54 Å². The summed E-state index contributed by atoms with van der Waals surface area (Å²) in [5.41, 5.74) is 2.72. The van der Waals surface area contributed by atoms with E-state index < -0.39 is 0 Å². The zero-order valence-corrected chi connectivity index (χ0v) is 16.5. The van der Waals surface area contributed by atoms with Gasteiger partial charge in [0.05, 0.1) is 28.1 Å². The highest BCUT2D eigenvalue weighted by molar-refractivity contribution is 7.11. The van der Waals surface area contributed by atoms with Gasteiger partial charge in [-0.1, -0.05) is 11.6 Å². The van der Waals surface area contributed by atoms with E-state index in [-0.39, 0.29) is 5.91 Å². The first-order valence-electron chi connectivity index (χ1n) is 9.25. The molecule has 1 aromatic carbocycles. The number of benzene rings is 1. The van der Waals surface area contributed by atoms with Crippen LogP contribution < -0.4 is 5.32 Å². The number of hydrogen-bond donors (Lipinski definition) is 1. The first-order chi connectivity index (χ1) is 13.2. The fraction of sp³-hybridized carbons (Fsp3) is 0.350. The number of nitrogens with zero attached hydrogens (tertiary/aromatic N) is 3. The second kappa shape index (κ2) is 8.23. The second-order valence-corrected chi connectivity index (χ2v) is 8.30. The molecule has 0 atom stereocenters. The molecule has 7 heteroatoms. The summed E-state index contributed by atoms with van der Waals surface area (Å²) in [6, 6.07) is 7.33. The van der Waals surface area contributed by atoms with E-state index in [9.17, 15) is 4.79 Å². The number of amides is 1. The zero-order chi connectivity index (χ0) is 18.6. The van der Waals surface area contributed by atoms with Crippen LogP contribution in [0.1, 0.15) is 45.2 Å². The Balaban J connectivity index is 1.27. The third kappa shape index (κ3) is 4.39. The average molecular weight is 401 g/mol. The van der Waals surface area contributed by atoms with Crippen LogP contribution in [0.25, 0.3) is 5.69 Å². The molecule has 0 fully saturated rings. The van der Waals surface area contributed by atoms with Gasteiger partial charge >= 0.3 is 0 Å². The van der Waals surface area contributed by atoms with Gasteiger partial charge in [-0.05, 0) is 56.4 Å². The molecule has 0 unspecified atom stereocenters. The van der Waals surface area contributed by atoms with Crippen molar-refractivity contribution < 1.29 is 4.79 Å². The minimum atomic E-state index is -0.103. The van der Waals surface area contributed by atoms with Crippen molar-refractivity contribution in [2.24, 2.45) is 0 Å². The van der Waals surface area contributed by atoms with Gasteiger partial charge in [-0.15, -0.1) is 11.3 Å². The number of aromatic nitrogens is 3. The van der Waals surface area contributed by atoms with Gasteiger partial charge in [-0.25, -0.2) is 9.67 Å². The van der Waals surface area contributed by atoms with Crippen molar-refractivity contribution in [1.29, 1.82) is 0 Å². The highest BCUT2D eigenvalue weighted by Gasteiger charge is 2.15. The van der Waals surface area contributed by atoms with E-state index in [1.165, 1.54) is 34.8 Å². The first-order valence-corrected chi connectivity index (χ1v) is 10.4. The van der Waals surface area contributed by atoms with Gasteiger partial charge in [0.25, 0.3) is 5.91 Å². The van der Waals surface area contributed by atoms with E-state index in [4.69, 9.17) is 16.6 Å². The number of aryl methyl sites for hydroxylation is 3. The summed E-state index contributed by atoms with van der Waals surface area (Å²) in [7, 11) is 0. The van der Waals surface area contributed by atoms with Crippen LogP contribution in [0, 0.1) is 0 Å². The van der Waals surface area contributed by atoms with E-state index in [0.29, 0.717) is 17.1 Å². The van der Waals surface area contributed by atoms with Crippen molar-refractivity contribution in [3.63, 3.8) is 0 Å². The molecule has 0 spiro atoms. The van der Waals surface area contributed by atoms with Gasteiger partial charge < -0.3 is 5.32 Å². The largest absolute Gasteiger partial charge is 0.352 e. The summed E-state index contributed by atoms with van der Waals surface area (Å²) in [5, 5.41) is 9.09. The van der Waals surface area contributed by atoms with E-state index in [0.717, 1.165) is 24.9 Å². The molecule has 1 aliphatic rings. The number of carbonyl (C=O) groups is 1. The molecule has 1 N–H and O–H groups in total. The maximum atomic E-state index is 12.3. The lowest BCUT2D eigenvalue weighted by Gasteiger charge is -2.06. The van der Waals surface area contributed by atoms with Crippen LogP contribution in [0.5, 0.6) is 0 Å². The highest BCUT2D eigenvalue weighted by atomic mass is 35.5. The number of fused-ring (bicyclic) bond motifs is 1. The number of thiazole rings is 1. The number of hydrogen-bond acceptors (Lipinski definition) is 4. The smallest absolute Gasteiger partial charge is 0.254 e. The van der Waals surface area contributed by atoms with Crippen LogP contribution in [0.15, 0.2) is 36.7 Å². The molecule has 0 saturated carbocycles. The molecule has 0 bridgehead atoms. The fourth-order valence-corrected chi connectivity index (χ4v) is 4.56. The molecule has 0 radical (unpaired) electrons. The summed E-state index contributed by atoms with van der Waals surface area (Å²) >= 11 is 7.75. The first kappa shape index (κ1) is 18.2. The Morgan fingerprint density at radius 3 is 2.85 bits per heavy atom. The quantitative estimate of drug-likeness (QED) is 0.630. The lowest BCUT2D eigenvalue weighted by molar-refractivity contribution is 0.0953. The predicted octanol–water partition coefficient (Wildman–Crippen LogP) is 4.22. The minimum absolute atomic E-state index is 0.103. The molecule has 4 rings (SSSR count). The minimum Gasteiger partial charge on any atom is -0.352 e. The van der Waals surface area contributed by atoms with Gasteiger partial charge in [0.15, 0.2) is 0 Å². The Bertz CT molecular complexity index is 908. The average Bonchev–Trinajstić information content (AvgIpc) is 3.32.